The van der Waals surface area contributed by atoms with Crippen molar-refractivity contribution in [1.82, 2.24) is 5.32 Å². The number of carbonyl (C=O) groups is 3. The quantitative estimate of drug-likeness (QED) is 0.529. The fraction of sp³-hybridized carbons (Fsp3) is 0.0556. The fourth-order valence-electron chi connectivity index (χ4n) is 2.17. The molecule has 29 heavy (non-hydrogen) atoms. The molecule has 0 fully saturated rings. The van der Waals surface area contributed by atoms with E-state index in [0.717, 1.165) is 17.4 Å². The first-order chi connectivity index (χ1) is 13.8. The Hall–Kier alpha value is -3.60. The Bertz CT molecular complexity index is 1070. The Labute approximate surface area is 165 Å². The highest BCUT2D eigenvalue weighted by Gasteiger charge is 2.17. The number of halogens is 3. The Kier molecular flexibility index (Phi) is 5.98. The standard InChI is InChI=1S/C18H12F3N3O4S/c19-9-3-4-10(16(21)15(9)20)23-13(25)8-22-18(27)12-5-6-14(29-12)24-17(26)11-2-1-7-28-11/h1-7H,8H2,(H,22,27)(H,23,25)(H,24,26). The number of benzene rings is 1. The molecule has 1 aromatic carbocycles. The van der Waals surface area contributed by atoms with Gasteiger partial charge in [-0.2, -0.15) is 0 Å². The van der Waals surface area contributed by atoms with E-state index in [0.29, 0.717) is 11.1 Å². The van der Waals surface area contributed by atoms with Crippen LogP contribution in [0.4, 0.5) is 23.9 Å². The van der Waals surface area contributed by atoms with Crippen LogP contribution in [0.25, 0.3) is 0 Å². The van der Waals surface area contributed by atoms with Gasteiger partial charge in [0.15, 0.2) is 23.2 Å². The maximum Gasteiger partial charge on any atom is 0.291 e. The molecule has 3 rings (SSSR count). The number of nitrogens with one attached hydrogen (secondary N) is 3. The van der Waals surface area contributed by atoms with E-state index in [1.54, 1.807) is 6.07 Å². The number of furan rings is 1. The maximum absolute atomic E-state index is 13.5. The topological polar surface area (TPSA) is 100 Å². The highest BCUT2D eigenvalue weighted by atomic mass is 32.1. The monoisotopic (exact) mass is 423 g/mol. The number of hydrogen-bond donors (Lipinski definition) is 3. The van der Waals surface area contributed by atoms with Gasteiger partial charge in [-0.15, -0.1) is 11.3 Å². The van der Waals surface area contributed by atoms with Crippen LogP contribution in [0.3, 0.4) is 0 Å². The zero-order valence-electron chi connectivity index (χ0n) is 14.4. The van der Waals surface area contributed by atoms with Crippen LogP contribution in [0.15, 0.2) is 47.1 Å². The summed E-state index contributed by atoms with van der Waals surface area (Å²) in [4.78, 5) is 36.0. The van der Waals surface area contributed by atoms with Crippen molar-refractivity contribution >= 4 is 39.7 Å². The van der Waals surface area contributed by atoms with E-state index in [-0.39, 0.29) is 10.6 Å². The van der Waals surface area contributed by atoms with Gasteiger partial charge in [-0.05, 0) is 36.4 Å². The Morgan fingerprint density at radius 2 is 1.72 bits per heavy atom. The Balaban J connectivity index is 1.53. The summed E-state index contributed by atoms with van der Waals surface area (Å²) in [6, 6.07) is 7.49. The lowest BCUT2D eigenvalue weighted by molar-refractivity contribution is -0.115. The Morgan fingerprint density at radius 1 is 0.931 bits per heavy atom. The van der Waals surface area contributed by atoms with Crippen LogP contribution in [-0.2, 0) is 4.79 Å². The number of carbonyl (C=O) groups excluding carboxylic acids is 3. The second-order valence-electron chi connectivity index (χ2n) is 5.55. The first-order valence-electron chi connectivity index (χ1n) is 8.01. The van der Waals surface area contributed by atoms with Gasteiger partial charge in [0.1, 0.15) is 0 Å². The molecule has 0 aliphatic heterocycles. The molecule has 0 aliphatic rings. The summed E-state index contributed by atoms with van der Waals surface area (Å²) >= 11 is 0.960. The smallest absolute Gasteiger partial charge is 0.291 e. The summed E-state index contributed by atoms with van der Waals surface area (Å²) in [7, 11) is 0. The molecule has 0 radical (unpaired) electrons. The molecule has 0 spiro atoms. The molecule has 150 valence electrons. The normalized spacial score (nSPS) is 10.4. The van der Waals surface area contributed by atoms with E-state index in [9.17, 15) is 27.6 Å². The average molecular weight is 423 g/mol. The van der Waals surface area contributed by atoms with Gasteiger partial charge in [0, 0.05) is 0 Å². The van der Waals surface area contributed by atoms with Gasteiger partial charge in [-0.3, -0.25) is 14.4 Å². The number of rotatable bonds is 6. The van der Waals surface area contributed by atoms with E-state index in [1.165, 1.54) is 24.5 Å². The lowest BCUT2D eigenvalue weighted by atomic mass is 10.2. The highest BCUT2D eigenvalue weighted by Crippen LogP contribution is 2.23. The van der Waals surface area contributed by atoms with Crippen LogP contribution >= 0.6 is 11.3 Å². The molecule has 0 saturated heterocycles. The molecule has 3 amide bonds. The van der Waals surface area contributed by atoms with Crippen LogP contribution in [0.1, 0.15) is 20.2 Å². The van der Waals surface area contributed by atoms with Gasteiger partial charge in [0.25, 0.3) is 11.8 Å². The van der Waals surface area contributed by atoms with Crippen LogP contribution in [0, 0.1) is 17.5 Å². The molecule has 3 N–H and O–H groups in total. The summed E-state index contributed by atoms with van der Waals surface area (Å²) in [5.41, 5.74) is -0.554. The van der Waals surface area contributed by atoms with Crippen molar-refractivity contribution in [1.29, 1.82) is 0 Å². The van der Waals surface area contributed by atoms with Crippen molar-refractivity contribution in [2.45, 2.75) is 0 Å². The minimum Gasteiger partial charge on any atom is -0.459 e. The maximum atomic E-state index is 13.5. The number of hydrogen-bond acceptors (Lipinski definition) is 5. The SMILES string of the molecule is O=C(CNC(=O)c1ccc(NC(=O)c2ccco2)s1)Nc1ccc(F)c(F)c1F. The molecular formula is C18H12F3N3O4S. The zero-order valence-corrected chi connectivity index (χ0v) is 15.2. The lowest BCUT2D eigenvalue weighted by Crippen LogP contribution is -2.32. The molecule has 11 heteroatoms. The molecular weight excluding hydrogens is 411 g/mol. The van der Waals surface area contributed by atoms with Gasteiger partial charge in [0.2, 0.25) is 5.91 Å². The molecule has 2 heterocycles. The summed E-state index contributed by atoms with van der Waals surface area (Å²) < 4.78 is 44.5. The van der Waals surface area contributed by atoms with Crippen molar-refractivity contribution in [3.05, 3.63) is 70.8 Å². The number of anilines is 2. The number of thiophene rings is 1. The van der Waals surface area contributed by atoms with E-state index in [1.807, 2.05) is 5.32 Å². The van der Waals surface area contributed by atoms with Crippen molar-refractivity contribution in [2.75, 3.05) is 17.2 Å². The van der Waals surface area contributed by atoms with E-state index in [2.05, 4.69) is 10.6 Å². The van der Waals surface area contributed by atoms with Gasteiger partial charge in [0.05, 0.1) is 28.4 Å². The first-order valence-corrected chi connectivity index (χ1v) is 8.83. The summed E-state index contributed by atoms with van der Waals surface area (Å²) in [6.07, 6.45) is 1.35. The summed E-state index contributed by atoms with van der Waals surface area (Å²) in [6.45, 7) is -0.538. The minimum atomic E-state index is -1.71. The van der Waals surface area contributed by atoms with Crippen LogP contribution in [-0.4, -0.2) is 24.3 Å². The van der Waals surface area contributed by atoms with E-state index < -0.39 is 47.4 Å². The molecule has 3 aromatic rings. The van der Waals surface area contributed by atoms with Crippen molar-refractivity contribution in [2.24, 2.45) is 0 Å². The third-order valence-electron chi connectivity index (χ3n) is 3.53. The minimum absolute atomic E-state index is 0.102. The van der Waals surface area contributed by atoms with E-state index >= 15 is 0 Å². The molecule has 0 aliphatic carbocycles. The molecule has 0 atom stereocenters. The molecule has 0 unspecified atom stereocenters. The van der Waals surface area contributed by atoms with Crippen molar-refractivity contribution in [3.8, 4) is 0 Å². The van der Waals surface area contributed by atoms with Gasteiger partial charge >= 0.3 is 0 Å². The fourth-order valence-corrected chi connectivity index (χ4v) is 2.99. The van der Waals surface area contributed by atoms with Crippen LogP contribution in [0.5, 0.6) is 0 Å². The Morgan fingerprint density at radius 3 is 2.45 bits per heavy atom. The molecule has 2 aromatic heterocycles. The third kappa shape index (κ3) is 4.82. The first kappa shape index (κ1) is 20.1. The largest absolute Gasteiger partial charge is 0.459 e. The molecule has 0 bridgehead atoms. The molecule has 7 nitrogen and oxygen atoms in total. The van der Waals surface area contributed by atoms with Gasteiger partial charge in [-0.25, -0.2) is 13.2 Å². The summed E-state index contributed by atoms with van der Waals surface area (Å²) in [5, 5.41) is 7.26. The predicted octanol–water partition coefficient (Wildman–Crippen LogP) is 3.38. The predicted molar refractivity (Wildman–Crippen MR) is 98.3 cm³/mol. The second kappa shape index (κ2) is 8.61. The second-order valence-corrected chi connectivity index (χ2v) is 6.63. The highest BCUT2D eigenvalue weighted by molar-refractivity contribution is 7.18. The average Bonchev–Trinajstić information content (AvgIpc) is 3.39. The van der Waals surface area contributed by atoms with Crippen molar-refractivity contribution < 1.29 is 32.0 Å². The summed E-state index contributed by atoms with van der Waals surface area (Å²) in [5.74, 6) is -6.49. The van der Waals surface area contributed by atoms with Crippen LogP contribution < -0.4 is 16.0 Å². The molecule has 0 saturated carbocycles. The van der Waals surface area contributed by atoms with Gasteiger partial charge in [-0.1, -0.05) is 0 Å². The number of amides is 3. The third-order valence-corrected chi connectivity index (χ3v) is 4.53. The zero-order chi connectivity index (χ0) is 21.0. The van der Waals surface area contributed by atoms with Crippen molar-refractivity contribution in [3.63, 3.8) is 0 Å². The lowest BCUT2D eigenvalue weighted by Gasteiger charge is -2.08. The van der Waals surface area contributed by atoms with Crippen LogP contribution in [0.2, 0.25) is 0 Å². The van der Waals surface area contributed by atoms with E-state index in [4.69, 9.17) is 4.42 Å². The van der Waals surface area contributed by atoms with Gasteiger partial charge < -0.3 is 20.4 Å².